The lowest BCUT2D eigenvalue weighted by atomic mass is 10.0. The van der Waals surface area contributed by atoms with Gasteiger partial charge in [-0.3, -0.25) is 4.90 Å². The van der Waals surface area contributed by atoms with Crippen LogP contribution in [-0.4, -0.2) is 64.4 Å². The number of nitrogens with zero attached hydrogens (tertiary/aromatic N) is 3. The van der Waals surface area contributed by atoms with Crippen molar-refractivity contribution in [3.8, 4) is 5.75 Å². The highest BCUT2D eigenvalue weighted by Gasteiger charge is 2.17. The number of aromatic nitrogens is 3. The third-order valence-electron chi connectivity index (χ3n) is 6.10. The molecule has 1 fully saturated rings. The first-order valence-electron chi connectivity index (χ1n) is 11.7. The van der Waals surface area contributed by atoms with Crippen molar-refractivity contribution in [1.29, 1.82) is 0 Å². The monoisotopic (exact) mass is 493 g/mol. The Morgan fingerprint density at radius 2 is 1.94 bits per heavy atom. The Balaban J connectivity index is 1.22. The van der Waals surface area contributed by atoms with Crippen molar-refractivity contribution < 1.29 is 14.6 Å². The predicted molar refractivity (Wildman–Crippen MR) is 136 cm³/mol. The summed E-state index contributed by atoms with van der Waals surface area (Å²) in [6, 6.07) is 13.3. The Kier molecular flexibility index (Phi) is 7.44. The van der Waals surface area contributed by atoms with Crippen LogP contribution >= 0.6 is 11.6 Å². The second-order valence-electron chi connectivity index (χ2n) is 8.47. The van der Waals surface area contributed by atoms with Gasteiger partial charge in [-0.1, -0.05) is 29.8 Å². The summed E-state index contributed by atoms with van der Waals surface area (Å²) in [4.78, 5) is 14.4. The fourth-order valence-electron chi connectivity index (χ4n) is 4.07. The minimum Gasteiger partial charge on any atom is -0.491 e. The second kappa shape index (κ2) is 11.0. The number of halogens is 1. The number of anilines is 1. The molecule has 35 heavy (non-hydrogen) atoms. The lowest BCUT2D eigenvalue weighted by Gasteiger charge is -2.26. The molecular formula is C26H28ClN5O3. The number of H-pyrrole nitrogens is 1. The highest BCUT2D eigenvalue weighted by atomic mass is 35.5. The number of aliphatic hydroxyl groups excluding tert-OH is 1. The van der Waals surface area contributed by atoms with Crippen LogP contribution in [0.25, 0.3) is 11.0 Å². The average molecular weight is 494 g/mol. The number of benzene rings is 1. The average Bonchev–Trinajstić information content (AvgIpc) is 3.32. The van der Waals surface area contributed by atoms with E-state index in [1.807, 2.05) is 42.5 Å². The molecule has 0 bridgehead atoms. The molecule has 9 heteroatoms. The summed E-state index contributed by atoms with van der Waals surface area (Å²) in [6.45, 7) is 5.45. The van der Waals surface area contributed by atoms with E-state index < -0.39 is 6.10 Å². The highest BCUT2D eigenvalue weighted by Crippen LogP contribution is 2.30. The number of aromatic amines is 1. The van der Waals surface area contributed by atoms with E-state index in [1.165, 1.54) is 0 Å². The quantitative estimate of drug-likeness (QED) is 0.324. The van der Waals surface area contributed by atoms with E-state index in [2.05, 4.69) is 25.2 Å². The van der Waals surface area contributed by atoms with Crippen LogP contribution < -0.4 is 10.1 Å². The first-order valence-corrected chi connectivity index (χ1v) is 12.1. The van der Waals surface area contributed by atoms with Crippen LogP contribution in [0.2, 0.25) is 5.02 Å². The lowest BCUT2D eigenvalue weighted by molar-refractivity contribution is 0.0322. The Morgan fingerprint density at radius 1 is 1.11 bits per heavy atom. The van der Waals surface area contributed by atoms with Crippen molar-refractivity contribution in [2.75, 3.05) is 44.8 Å². The van der Waals surface area contributed by atoms with Gasteiger partial charge in [0, 0.05) is 60.1 Å². The molecule has 0 aliphatic carbocycles. The van der Waals surface area contributed by atoms with Gasteiger partial charge in [0.15, 0.2) is 0 Å². The zero-order chi connectivity index (χ0) is 24.0. The molecule has 0 spiro atoms. The van der Waals surface area contributed by atoms with Crippen molar-refractivity contribution >= 4 is 28.5 Å². The van der Waals surface area contributed by atoms with E-state index in [4.69, 9.17) is 21.1 Å². The Morgan fingerprint density at radius 3 is 2.71 bits per heavy atom. The maximum Gasteiger partial charge on any atom is 0.138 e. The summed E-state index contributed by atoms with van der Waals surface area (Å²) in [6.07, 6.45) is 4.33. The minimum absolute atomic E-state index is 0.573. The number of hydrogen-bond donors (Lipinski definition) is 3. The summed E-state index contributed by atoms with van der Waals surface area (Å²) in [5, 5.41) is 15.9. The SMILES string of the molecule is OC(c1ccc(NCc2ccc(Cl)cc2)nc1)c1c[nH]c2ncc(OCCN3CCOCC3)cc12. The van der Waals surface area contributed by atoms with Gasteiger partial charge in [-0.05, 0) is 29.8 Å². The van der Waals surface area contributed by atoms with Crippen molar-refractivity contribution in [2.24, 2.45) is 0 Å². The number of pyridine rings is 2. The predicted octanol–water partition coefficient (Wildman–Crippen LogP) is 4.02. The van der Waals surface area contributed by atoms with Crippen molar-refractivity contribution in [3.05, 3.63) is 82.8 Å². The Bertz CT molecular complexity index is 1240. The van der Waals surface area contributed by atoms with E-state index in [1.54, 1.807) is 18.6 Å². The second-order valence-corrected chi connectivity index (χ2v) is 8.91. The van der Waals surface area contributed by atoms with Gasteiger partial charge in [0.1, 0.15) is 29.9 Å². The molecule has 5 rings (SSSR count). The molecule has 1 aliphatic heterocycles. The zero-order valence-corrected chi connectivity index (χ0v) is 20.0. The molecule has 1 atom stereocenters. The zero-order valence-electron chi connectivity index (χ0n) is 19.3. The summed E-state index contributed by atoms with van der Waals surface area (Å²) in [5.74, 6) is 1.41. The van der Waals surface area contributed by atoms with Gasteiger partial charge < -0.3 is 24.9 Å². The standard InChI is InChI=1S/C26H28ClN5O3/c27-20-4-1-18(2-5-20)14-28-24-6-3-19(15-29-24)25(33)23-17-31-26-22(23)13-21(16-30-26)35-12-9-32-7-10-34-11-8-32/h1-6,13,15-17,25,33H,7-12,14H2,(H,28,29)(H,30,31). The number of rotatable bonds is 9. The fourth-order valence-corrected chi connectivity index (χ4v) is 4.20. The fraction of sp³-hybridized carbons (Fsp3) is 0.308. The molecule has 1 saturated heterocycles. The van der Waals surface area contributed by atoms with Crippen LogP contribution in [0.5, 0.6) is 5.75 Å². The number of hydrogen-bond acceptors (Lipinski definition) is 7. The van der Waals surface area contributed by atoms with Crippen LogP contribution in [0.3, 0.4) is 0 Å². The number of aliphatic hydroxyl groups is 1. The first kappa shape index (κ1) is 23.6. The number of ether oxygens (including phenoxy) is 2. The van der Waals surface area contributed by atoms with Gasteiger partial charge in [0.05, 0.1) is 19.4 Å². The first-order chi connectivity index (χ1) is 17.2. The molecule has 4 heterocycles. The molecular weight excluding hydrogens is 466 g/mol. The van der Waals surface area contributed by atoms with Crippen molar-refractivity contribution in [2.45, 2.75) is 12.6 Å². The smallest absolute Gasteiger partial charge is 0.138 e. The third kappa shape index (κ3) is 5.91. The van der Waals surface area contributed by atoms with E-state index in [-0.39, 0.29) is 0 Å². The van der Waals surface area contributed by atoms with Crippen LogP contribution in [0.4, 0.5) is 5.82 Å². The van der Waals surface area contributed by atoms with Crippen LogP contribution in [0.15, 0.2) is 61.1 Å². The maximum atomic E-state index is 11.1. The largest absolute Gasteiger partial charge is 0.491 e. The van der Waals surface area contributed by atoms with Gasteiger partial charge in [-0.25, -0.2) is 9.97 Å². The molecule has 3 N–H and O–H groups in total. The Hall–Kier alpha value is -3.17. The van der Waals surface area contributed by atoms with Crippen LogP contribution in [0.1, 0.15) is 22.8 Å². The molecule has 1 aliphatic rings. The number of nitrogens with one attached hydrogen (secondary N) is 2. The van der Waals surface area contributed by atoms with Gasteiger partial charge in [0.25, 0.3) is 0 Å². The third-order valence-corrected chi connectivity index (χ3v) is 6.35. The van der Waals surface area contributed by atoms with Crippen LogP contribution in [-0.2, 0) is 11.3 Å². The van der Waals surface area contributed by atoms with E-state index in [9.17, 15) is 5.11 Å². The van der Waals surface area contributed by atoms with E-state index in [0.717, 1.165) is 55.2 Å². The van der Waals surface area contributed by atoms with E-state index >= 15 is 0 Å². The van der Waals surface area contributed by atoms with Crippen LogP contribution in [0, 0.1) is 0 Å². The van der Waals surface area contributed by atoms with Gasteiger partial charge in [-0.15, -0.1) is 0 Å². The maximum absolute atomic E-state index is 11.1. The number of morpholine rings is 1. The van der Waals surface area contributed by atoms with Crippen molar-refractivity contribution in [3.63, 3.8) is 0 Å². The lowest BCUT2D eigenvalue weighted by Crippen LogP contribution is -2.38. The molecule has 8 nitrogen and oxygen atoms in total. The summed E-state index contributed by atoms with van der Waals surface area (Å²) in [5.41, 5.74) is 3.24. The molecule has 3 aromatic heterocycles. The molecule has 1 unspecified atom stereocenters. The molecule has 4 aromatic rings. The van der Waals surface area contributed by atoms with Gasteiger partial charge in [-0.2, -0.15) is 0 Å². The summed E-state index contributed by atoms with van der Waals surface area (Å²) >= 11 is 5.94. The molecule has 0 amide bonds. The number of fused-ring (bicyclic) bond motifs is 1. The molecule has 182 valence electrons. The summed E-state index contributed by atoms with van der Waals surface area (Å²) in [7, 11) is 0. The Labute approximate surface area is 208 Å². The van der Waals surface area contributed by atoms with Gasteiger partial charge >= 0.3 is 0 Å². The topological polar surface area (TPSA) is 95.5 Å². The molecule has 0 radical (unpaired) electrons. The highest BCUT2D eigenvalue weighted by molar-refractivity contribution is 6.30. The van der Waals surface area contributed by atoms with E-state index in [0.29, 0.717) is 35.1 Å². The molecule has 1 aromatic carbocycles. The normalized spacial score (nSPS) is 15.3. The van der Waals surface area contributed by atoms with Gasteiger partial charge in [0.2, 0.25) is 0 Å². The molecule has 0 saturated carbocycles. The minimum atomic E-state index is -0.841. The van der Waals surface area contributed by atoms with Crippen molar-refractivity contribution in [1.82, 2.24) is 19.9 Å². The summed E-state index contributed by atoms with van der Waals surface area (Å²) < 4.78 is 11.3.